The van der Waals surface area contributed by atoms with Gasteiger partial charge in [0.2, 0.25) is 0 Å². The first kappa shape index (κ1) is 33.1. The second-order valence-corrected chi connectivity index (χ2v) is 22.8. The van der Waals surface area contributed by atoms with Gasteiger partial charge in [-0.3, -0.25) is 9.69 Å². The number of ether oxygens (including phenoxy) is 1. The molecule has 10 heteroatoms. The zero-order valence-electron chi connectivity index (χ0n) is 35.7. The summed E-state index contributed by atoms with van der Waals surface area (Å²) < 4.78 is 33.4. The molecule has 1 fully saturated rings. The van der Waals surface area contributed by atoms with Crippen LogP contribution in [0.4, 0.5) is 4.79 Å². The molecule has 53 heavy (non-hydrogen) atoms. The lowest BCUT2D eigenvalue weighted by Gasteiger charge is -2.38. The number of amides is 2. The highest BCUT2D eigenvalue weighted by Gasteiger charge is 2.47. The highest BCUT2D eigenvalue weighted by atomic mass is 28.3. The molecule has 0 saturated carbocycles. The first-order chi connectivity index (χ1) is 26.2. The van der Waals surface area contributed by atoms with E-state index in [1.165, 1.54) is 0 Å². The molecule has 0 radical (unpaired) electrons. The molecule has 3 atom stereocenters. The third kappa shape index (κ3) is 5.96. The van der Waals surface area contributed by atoms with Crippen molar-refractivity contribution in [1.29, 1.82) is 0 Å². The maximum atomic E-state index is 14.3. The molecule has 5 heterocycles. The van der Waals surface area contributed by atoms with Crippen LogP contribution in [0, 0.1) is 11.5 Å². The van der Waals surface area contributed by atoms with E-state index in [9.17, 15) is 9.59 Å². The molecule has 2 aromatic carbocycles. The second kappa shape index (κ2) is 13.1. The van der Waals surface area contributed by atoms with E-state index in [-0.39, 0.29) is 12.1 Å². The minimum Gasteiger partial charge on any atom is -0.444 e. The summed E-state index contributed by atoms with van der Waals surface area (Å²) in [7, 11) is -2.14. The molecule has 0 N–H and O–H groups in total. The van der Waals surface area contributed by atoms with E-state index in [0.29, 0.717) is 52.3 Å². The van der Waals surface area contributed by atoms with Crippen LogP contribution in [-0.2, 0) is 10.3 Å². The van der Waals surface area contributed by atoms with Gasteiger partial charge in [0.1, 0.15) is 25.0 Å². The van der Waals surface area contributed by atoms with E-state index in [1.807, 2.05) is 52.0 Å². The zero-order chi connectivity index (χ0) is 40.7. The van der Waals surface area contributed by atoms with Gasteiger partial charge in [-0.2, -0.15) is 0 Å². The van der Waals surface area contributed by atoms with Crippen LogP contribution in [0.1, 0.15) is 138 Å². The van der Waals surface area contributed by atoms with Crippen LogP contribution >= 0.6 is 0 Å². The standard InChI is InChI=1S/C43H54N6O3Si/c1-26(2)53(27(3)4,28(5)6)21-18-29-14-12-15-32-37(29)35-23-36(47(11)39(32)50)38-46-33-17-16-30(22-34(33)49(35)38)31-24-44-40(45-25-31)43(10)19-13-20-48(43)41(51)52-42(7,8)9/h12,14-17,22,24-28,35-36H,13,19-20,23H2,1-11H3/t35-,36-,43?/m1/s1/i11D3. The van der Waals surface area contributed by atoms with Crippen LogP contribution in [0.25, 0.3) is 22.2 Å². The van der Waals surface area contributed by atoms with Crippen molar-refractivity contribution in [3.63, 3.8) is 0 Å². The molecule has 2 amide bonds. The zero-order valence-corrected chi connectivity index (χ0v) is 33.7. The summed E-state index contributed by atoms with van der Waals surface area (Å²) in [4.78, 5) is 44.9. The normalized spacial score (nSPS) is 22.4. The highest BCUT2D eigenvalue weighted by Crippen LogP contribution is 2.49. The molecule has 3 aliphatic heterocycles. The maximum absolute atomic E-state index is 14.3. The van der Waals surface area contributed by atoms with Gasteiger partial charge in [0.25, 0.3) is 5.91 Å². The van der Waals surface area contributed by atoms with Crippen molar-refractivity contribution in [2.45, 2.75) is 128 Å². The SMILES string of the molecule is [2H]C([2H])([2H])N1C(=O)c2cccc(C#C[Si](C(C)C)(C(C)C)C(C)C)c2[C@H]2C[C@@H]1c1nc3ccc(-c4cnc(C5(C)CCCN5C(=O)OC(C)(C)C)nc4)cc3n12. The Kier molecular flexibility index (Phi) is 8.19. The minimum atomic E-state index is -2.68. The van der Waals surface area contributed by atoms with Gasteiger partial charge in [-0.25, -0.2) is 19.7 Å². The quantitative estimate of drug-likeness (QED) is 0.150. The number of carbonyl (C=O) groups excluding carboxylic acids is 2. The van der Waals surface area contributed by atoms with Crippen molar-refractivity contribution in [2.75, 3.05) is 13.5 Å². The Hall–Kier alpha value is -4.49. The molecular formula is C43H54N6O3Si. The summed E-state index contributed by atoms with van der Waals surface area (Å²) in [5.41, 5.74) is 8.90. The maximum Gasteiger partial charge on any atom is 0.411 e. The van der Waals surface area contributed by atoms with Crippen molar-refractivity contribution in [3.05, 3.63) is 77.1 Å². The Morgan fingerprint density at radius 1 is 1.02 bits per heavy atom. The molecule has 2 aromatic heterocycles. The highest BCUT2D eigenvalue weighted by molar-refractivity contribution is 6.90. The second-order valence-electron chi connectivity index (χ2n) is 17.2. The smallest absolute Gasteiger partial charge is 0.411 e. The van der Waals surface area contributed by atoms with Crippen molar-refractivity contribution < 1.29 is 18.4 Å². The average molecular weight is 734 g/mol. The number of imidazole rings is 1. The molecule has 278 valence electrons. The van der Waals surface area contributed by atoms with Gasteiger partial charge in [0.15, 0.2) is 5.82 Å². The Bertz CT molecular complexity index is 2240. The van der Waals surface area contributed by atoms with Crippen molar-refractivity contribution in [3.8, 4) is 22.6 Å². The molecule has 3 aliphatic rings. The van der Waals surface area contributed by atoms with Crippen molar-refractivity contribution in [1.82, 2.24) is 29.3 Å². The minimum absolute atomic E-state index is 0.361. The van der Waals surface area contributed by atoms with Crippen LogP contribution in [-0.4, -0.2) is 68.5 Å². The van der Waals surface area contributed by atoms with Gasteiger partial charge in [-0.05, 0) is 87.0 Å². The third-order valence-electron chi connectivity index (χ3n) is 12.0. The molecule has 0 spiro atoms. The summed E-state index contributed by atoms with van der Waals surface area (Å²) in [5, 5.41) is 0. The Balaban J connectivity index is 1.33. The number of fused-ring (bicyclic) bond motifs is 9. The van der Waals surface area contributed by atoms with Crippen LogP contribution in [0.15, 0.2) is 48.8 Å². The molecule has 9 nitrogen and oxygen atoms in total. The molecular weight excluding hydrogens is 677 g/mol. The van der Waals surface area contributed by atoms with Crippen LogP contribution in [0.3, 0.4) is 0 Å². The van der Waals surface area contributed by atoms with Crippen LogP contribution in [0.5, 0.6) is 0 Å². The number of hydrogen-bond donors (Lipinski definition) is 0. The number of carbonyl (C=O) groups is 2. The van der Waals surface area contributed by atoms with Crippen molar-refractivity contribution in [2.24, 2.45) is 0 Å². The van der Waals surface area contributed by atoms with Crippen LogP contribution < -0.4 is 0 Å². The third-order valence-corrected chi connectivity index (χ3v) is 18.3. The molecule has 1 saturated heterocycles. The molecule has 1 unspecified atom stereocenters. The summed E-state index contributed by atoms with van der Waals surface area (Å²) in [5.74, 6) is 4.21. The summed E-state index contributed by atoms with van der Waals surface area (Å²) in [6.45, 7) is 19.1. The predicted octanol–water partition coefficient (Wildman–Crippen LogP) is 9.43. The van der Waals surface area contributed by atoms with Gasteiger partial charge in [-0.15, -0.1) is 5.54 Å². The van der Waals surface area contributed by atoms with E-state index in [2.05, 4.69) is 63.6 Å². The Morgan fingerprint density at radius 3 is 2.36 bits per heavy atom. The van der Waals surface area contributed by atoms with E-state index in [0.717, 1.165) is 45.5 Å². The van der Waals surface area contributed by atoms with Gasteiger partial charge in [0, 0.05) is 58.7 Å². The summed E-state index contributed by atoms with van der Waals surface area (Å²) in [6, 6.07) is 10.4. The fraction of sp³-hybridized carbons (Fsp3) is 0.512. The number of benzene rings is 2. The monoisotopic (exact) mass is 733 g/mol. The Labute approximate surface area is 319 Å². The summed E-state index contributed by atoms with van der Waals surface area (Å²) in [6.07, 6.45) is 5.13. The van der Waals surface area contributed by atoms with E-state index in [4.69, 9.17) is 23.8 Å². The average Bonchev–Trinajstić information content (AvgIpc) is 3.77. The van der Waals surface area contributed by atoms with Gasteiger partial charge < -0.3 is 14.2 Å². The van der Waals surface area contributed by atoms with E-state index >= 15 is 0 Å². The lowest BCUT2D eigenvalue weighted by atomic mass is 9.93. The number of hydrogen-bond acceptors (Lipinski definition) is 6. The predicted molar refractivity (Wildman–Crippen MR) is 212 cm³/mol. The van der Waals surface area contributed by atoms with E-state index in [1.54, 1.807) is 23.4 Å². The lowest BCUT2D eigenvalue weighted by molar-refractivity contribution is 0.00851. The van der Waals surface area contributed by atoms with E-state index < -0.39 is 38.1 Å². The first-order valence-electron chi connectivity index (χ1n) is 20.5. The molecule has 0 aliphatic carbocycles. The fourth-order valence-corrected chi connectivity index (χ4v) is 14.6. The fourth-order valence-electron chi connectivity index (χ4n) is 9.40. The first-order valence-corrected chi connectivity index (χ1v) is 21.3. The Morgan fingerprint density at radius 2 is 1.72 bits per heavy atom. The van der Waals surface area contributed by atoms with Gasteiger partial charge in [0.05, 0.1) is 23.1 Å². The number of likely N-dealkylation sites (tertiary alicyclic amines) is 1. The number of rotatable bonds is 5. The molecule has 4 aromatic rings. The molecule has 7 rings (SSSR count). The largest absolute Gasteiger partial charge is 0.444 e. The summed E-state index contributed by atoms with van der Waals surface area (Å²) >= 11 is 0. The number of nitrogens with zero attached hydrogens (tertiary/aromatic N) is 6. The van der Waals surface area contributed by atoms with Gasteiger partial charge in [-0.1, -0.05) is 59.6 Å². The van der Waals surface area contributed by atoms with Crippen molar-refractivity contribution >= 4 is 31.1 Å². The molecule has 2 bridgehead atoms. The van der Waals surface area contributed by atoms with Crippen LogP contribution in [0.2, 0.25) is 16.6 Å². The lowest BCUT2D eigenvalue weighted by Crippen LogP contribution is -2.46. The van der Waals surface area contributed by atoms with Gasteiger partial charge >= 0.3 is 6.09 Å². The topological polar surface area (TPSA) is 93.5 Å². The number of aromatic nitrogens is 4.